The fourth-order valence-corrected chi connectivity index (χ4v) is 2.08. The number of hydrogen-bond acceptors (Lipinski definition) is 2. The average molecular weight is 314 g/mol. The number of aryl methyl sites for hydroxylation is 1. The number of rotatable bonds is 8. The molecule has 4 heteroatoms. The van der Waals surface area contributed by atoms with Gasteiger partial charge in [-0.3, -0.25) is 4.79 Å². The van der Waals surface area contributed by atoms with Gasteiger partial charge in [-0.05, 0) is 18.4 Å². The summed E-state index contributed by atoms with van der Waals surface area (Å²) in [6, 6.07) is 10.2. The van der Waals surface area contributed by atoms with E-state index < -0.39 is 0 Å². The molecule has 0 heterocycles. The summed E-state index contributed by atoms with van der Waals surface area (Å²) in [4.78, 5) is 11.8. The number of ether oxygens (including phenoxy) is 1. The second-order valence-corrected chi connectivity index (χ2v) is 5.49. The lowest BCUT2D eigenvalue weighted by Crippen LogP contribution is -2.31. The van der Waals surface area contributed by atoms with Crippen molar-refractivity contribution in [2.24, 2.45) is 0 Å². The van der Waals surface area contributed by atoms with Gasteiger partial charge < -0.3 is 10.1 Å². The van der Waals surface area contributed by atoms with Crippen LogP contribution in [0.4, 0.5) is 0 Å². The number of hydrogen-bond donors (Lipinski definition) is 1. The molecular formula is C14H20BrNO2. The molecule has 0 saturated heterocycles. The molecule has 0 aliphatic rings. The number of alkyl halides is 1. The summed E-state index contributed by atoms with van der Waals surface area (Å²) in [5.74, 6) is 0.103. The van der Waals surface area contributed by atoms with E-state index >= 15 is 0 Å². The molecule has 1 aromatic rings. The van der Waals surface area contributed by atoms with Crippen molar-refractivity contribution < 1.29 is 9.53 Å². The van der Waals surface area contributed by atoms with E-state index in [-0.39, 0.29) is 10.7 Å². The van der Waals surface area contributed by atoms with Crippen molar-refractivity contribution in [3.8, 4) is 0 Å². The third kappa shape index (κ3) is 6.77. The van der Waals surface area contributed by atoms with Gasteiger partial charge in [-0.1, -0.05) is 46.3 Å². The molecule has 100 valence electrons. The largest absolute Gasteiger partial charge is 0.383 e. The number of carbonyl (C=O) groups excluding carboxylic acids is 1. The Kier molecular flexibility index (Phi) is 7.69. The molecule has 0 aliphatic carbocycles. The third-order valence-electron chi connectivity index (χ3n) is 2.58. The van der Waals surface area contributed by atoms with E-state index in [0.717, 1.165) is 12.8 Å². The summed E-state index contributed by atoms with van der Waals surface area (Å²) in [6.45, 7) is 1.21. The number of benzene rings is 1. The van der Waals surface area contributed by atoms with Crippen LogP contribution in [-0.2, 0) is 16.0 Å². The van der Waals surface area contributed by atoms with Gasteiger partial charge >= 0.3 is 0 Å². The van der Waals surface area contributed by atoms with Crippen molar-refractivity contribution in [2.45, 2.75) is 24.1 Å². The zero-order chi connectivity index (χ0) is 13.2. The zero-order valence-corrected chi connectivity index (χ0v) is 12.3. The quantitative estimate of drug-likeness (QED) is 0.749. The van der Waals surface area contributed by atoms with Crippen molar-refractivity contribution in [2.75, 3.05) is 20.3 Å². The Morgan fingerprint density at radius 3 is 2.78 bits per heavy atom. The minimum Gasteiger partial charge on any atom is -0.383 e. The highest BCUT2D eigenvalue weighted by Crippen LogP contribution is 2.04. The Bertz CT molecular complexity index is 343. The lowest BCUT2D eigenvalue weighted by molar-refractivity contribution is -0.121. The molecule has 1 aromatic carbocycles. The molecule has 1 amide bonds. The van der Waals surface area contributed by atoms with Crippen LogP contribution in [0.5, 0.6) is 0 Å². The number of nitrogens with one attached hydrogen (secondary N) is 1. The van der Waals surface area contributed by atoms with Gasteiger partial charge in [0.1, 0.15) is 0 Å². The van der Waals surface area contributed by atoms with Crippen LogP contribution in [0, 0.1) is 0 Å². The monoisotopic (exact) mass is 313 g/mol. The summed E-state index contributed by atoms with van der Waals surface area (Å²) in [6.07, 6.45) is 2.40. The molecule has 0 saturated carbocycles. The summed E-state index contributed by atoms with van der Waals surface area (Å²) in [7, 11) is 1.65. The number of halogens is 1. The first kappa shape index (κ1) is 15.2. The van der Waals surface area contributed by atoms with Crippen molar-refractivity contribution >= 4 is 21.8 Å². The second-order valence-electron chi connectivity index (χ2n) is 4.20. The molecule has 0 fully saturated rings. The fourth-order valence-electron chi connectivity index (χ4n) is 1.65. The molecular weight excluding hydrogens is 294 g/mol. The summed E-state index contributed by atoms with van der Waals surface area (Å²) >= 11 is 3.43. The van der Waals surface area contributed by atoms with Crippen LogP contribution in [0.25, 0.3) is 0 Å². The Balaban J connectivity index is 2.10. The Morgan fingerprint density at radius 1 is 1.39 bits per heavy atom. The molecule has 1 atom stereocenters. The SMILES string of the molecule is COCC(Br)CNC(=O)CCCc1ccccc1. The first-order valence-corrected chi connectivity index (χ1v) is 7.07. The highest BCUT2D eigenvalue weighted by molar-refractivity contribution is 9.09. The minimum absolute atomic E-state index is 0.103. The minimum atomic E-state index is 0.103. The molecule has 0 radical (unpaired) electrons. The van der Waals surface area contributed by atoms with Crippen molar-refractivity contribution in [3.63, 3.8) is 0 Å². The highest BCUT2D eigenvalue weighted by Gasteiger charge is 2.06. The number of methoxy groups -OCH3 is 1. The fraction of sp³-hybridized carbons (Fsp3) is 0.500. The van der Waals surface area contributed by atoms with E-state index in [9.17, 15) is 4.79 Å². The van der Waals surface area contributed by atoms with E-state index in [4.69, 9.17) is 4.74 Å². The molecule has 3 nitrogen and oxygen atoms in total. The maximum absolute atomic E-state index is 11.6. The van der Waals surface area contributed by atoms with Crippen molar-refractivity contribution in [3.05, 3.63) is 35.9 Å². The van der Waals surface area contributed by atoms with Crippen LogP contribution < -0.4 is 5.32 Å². The predicted molar refractivity (Wildman–Crippen MR) is 77.0 cm³/mol. The predicted octanol–water partition coefficient (Wildman–Crippen LogP) is 2.54. The van der Waals surface area contributed by atoms with Crippen molar-refractivity contribution in [1.82, 2.24) is 5.32 Å². The maximum Gasteiger partial charge on any atom is 0.220 e. The van der Waals surface area contributed by atoms with E-state index in [1.165, 1.54) is 5.56 Å². The Hall–Kier alpha value is -0.870. The molecule has 0 spiro atoms. The van der Waals surface area contributed by atoms with Crippen LogP contribution in [0.2, 0.25) is 0 Å². The van der Waals surface area contributed by atoms with E-state index in [0.29, 0.717) is 19.6 Å². The van der Waals surface area contributed by atoms with Crippen LogP contribution >= 0.6 is 15.9 Å². The van der Waals surface area contributed by atoms with Gasteiger partial charge in [-0.2, -0.15) is 0 Å². The van der Waals surface area contributed by atoms with Crippen molar-refractivity contribution in [1.29, 1.82) is 0 Å². The molecule has 0 bridgehead atoms. The summed E-state index contributed by atoms with van der Waals surface area (Å²) in [5, 5.41) is 2.89. The zero-order valence-electron chi connectivity index (χ0n) is 10.7. The van der Waals surface area contributed by atoms with Crippen LogP contribution in [0.1, 0.15) is 18.4 Å². The molecule has 0 aliphatic heterocycles. The van der Waals surface area contributed by atoms with Gasteiger partial charge in [0, 0.05) is 20.1 Å². The van der Waals surface area contributed by atoms with Gasteiger partial charge in [0.25, 0.3) is 0 Å². The lowest BCUT2D eigenvalue weighted by atomic mass is 10.1. The topological polar surface area (TPSA) is 38.3 Å². The first-order valence-electron chi connectivity index (χ1n) is 6.16. The van der Waals surface area contributed by atoms with Crippen LogP contribution in [0.3, 0.4) is 0 Å². The average Bonchev–Trinajstić information content (AvgIpc) is 2.38. The molecule has 18 heavy (non-hydrogen) atoms. The Morgan fingerprint density at radius 2 is 2.11 bits per heavy atom. The molecule has 1 unspecified atom stereocenters. The molecule has 1 N–H and O–H groups in total. The normalized spacial score (nSPS) is 12.1. The summed E-state index contributed by atoms with van der Waals surface area (Å²) in [5.41, 5.74) is 1.28. The van der Waals surface area contributed by atoms with E-state index in [1.54, 1.807) is 7.11 Å². The second kappa shape index (κ2) is 9.11. The Labute approximate surface area is 117 Å². The first-order chi connectivity index (χ1) is 8.72. The highest BCUT2D eigenvalue weighted by atomic mass is 79.9. The van der Waals surface area contributed by atoms with Gasteiger partial charge in [-0.15, -0.1) is 0 Å². The number of carbonyl (C=O) groups is 1. The molecule has 1 rings (SSSR count). The van der Waals surface area contributed by atoms with Gasteiger partial charge in [-0.25, -0.2) is 0 Å². The maximum atomic E-state index is 11.6. The van der Waals surface area contributed by atoms with Crippen LogP contribution in [0.15, 0.2) is 30.3 Å². The van der Waals surface area contributed by atoms with Gasteiger partial charge in [0.2, 0.25) is 5.91 Å². The standard InChI is InChI=1S/C14H20BrNO2/c1-18-11-13(15)10-16-14(17)9-5-8-12-6-3-2-4-7-12/h2-4,6-7,13H,5,8-11H2,1H3,(H,16,17). The van der Waals surface area contributed by atoms with E-state index in [2.05, 4.69) is 33.4 Å². The lowest BCUT2D eigenvalue weighted by Gasteiger charge is -2.10. The smallest absolute Gasteiger partial charge is 0.220 e. The third-order valence-corrected chi connectivity index (χ3v) is 3.17. The van der Waals surface area contributed by atoms with Crippen LogP contribution in [-0.4, -0.2) is 31.0 Å². The van der Waals surface area contributed by atoms with Gasteiger partial charge in [0.05, 0.1) is 11.4 Å². The molecule has 0 aromatic heterocycles. The van der Waals surface area contributed by atoms with E-state index in [1.807, 2.05) is 18.2 Å². The van der Waals surface area contributed by atoms with Gasteiger partial charge in [0.15, 0.2) is 0 Å². The summed E-state index contributed by atoms with van der Waals surface area (Å²) < 4.78 is 4.98. The number of amides is 1.